The van der Waals surface area contributed by atoms with Crippen molar-refractivity contribution >= 4 is 33.1 Å². The van der Waals surface area contributed by atoms with E-state index in [2.05, 4.69) is 22.6 Å². The molecule has 7 nitrogen and oxygen atoms in total. The van der Waals surface area contributed by atoms with Crippen molar-refractivity contribution in [2.75, 3.05) is 12.4 Å². The van der Waals surface area contributed by atoms with Gasteiger partial charge in [0.05, 0.1) is 18.2 Å². The van der Waals surface area contributed by atoms with Crippen LogP contribution in [0.2, 0.25) is 0 Å². The average molecular weight is 384 g/mol. The quantitative estimate of drug-likeness (QED) is 0.747. The van der Waals surface area contributed by atoms with E-state index < -0.39 is 0 Å². The van der Waals surface area contributed by atoms with Crippen LogP contribution in [0.4, 0.5) is 5.69 Å². The van der Waals surface area contributed by atoms with Gasteiger partial charge in [0.15, 0.2) is 4.83 Å². The van der Waals surface area contributed by atoms with Crippen LogP contribution in [0.1, 0.15) is 23.8 Å². The van der Waals surface area contributed by atoms with Crippen molar-refractivity contribution in [2.24, 2.45) is 5.92 Å². The highest BCUT2D eigenvalue weighted by molar-refractivity contribution is 7.18. The van der Waals surface area contributed by atoms with Gasteiger partial charge < -0.3 is 10.1 Å². The molecule has 0 unspecified atom stereocenters. The number of carbonyl (C=O) groups is 1. The van der Waals surface area contributed by atoms with E-state index in [1.807, 2.05) is 6.07 Å². The Labute approximate surface area is 160 Å². The lowest BCUT2D eigenvalue weighted by Crippen LogP contribution is -2.30. The summed E-state index contributed by atoms with van der Waals surface area (Å²) in [5, 5.41) is 11.5. The minimum atomic E-state index is -0.354. The van der Waals surface area contributed by atoms with Crippen LogP contribution < -0.4 is 15.6 Å². The number of hydrogen-bond donors (Lipinski definition) is 1. The normalized spacial score (nSPS) is 16.1. The molecule has 4 rings (SSSR count). The standard InChI is InChI=1S/C19H20N4O3S/c1-11-7-8-12-15(9-11)27-18-17(12)19(25)23(22-21-18)10-16(24)20-13-5-3-4-6-14(13)26-2/h3-6,11H,7-10H2,1-2H3,(H,20,24)/t11-/m1/s1. The van der Waals surface area contributed by atoms with Crippen molar-refractivity contribution in [2.45, 2.75) is 32.7 Å². The first-order valence-corrected chi connectivity index (χ1v) is 9.69. The third kappa shape index (κ3) is 3.32. The summed E-state index contributed by atoms with van der Waals surface area (Å²) in [6, 6.07) is 7.12. The first kappa shape index (κ1) is 17.7. The topological polar surface area (TPSA) is 86.1 Å². The van der Waals surface area contributed by atoms with Gasteiger partial charge in [-0.25, -0.2) is 4.68 Å². The highest BCUT2D eigenvalue weighted by atomic mass is 32.1. The van der Waals surface area contributed by atoms with Crippen molar-refractivity contribution in [1.29, 1.82) is 0 Å². The van der Waals surface area contributed by atoms with Gasteiger partial charge >= 0.3 is 0 Å². The number of rotatable bonds is 4. The van der Waals surface area contributed by atoms with Gasteiger partial charge in [0, 0.05) is 4.88 Å². The van der Waals surface area contributed by atoms with Gasteiger partial charge in [-0.15, -0.1) is 16.4 Å². The number of hydrogen-bond acceptors (Lipinski definition) is 6. The van der Waals surface area contributed by atoms with Gasteiger partial charge in [0.1, 0.15) is 12.3 Å². The molecule has 27 heavy (non-hydrogen) atoms. The Bertz CT molecular complexity index is 1070. The number of amides is 1. The second-order valence-corrected chi connectivity index (χ2v) is 7.92. The summed E-state index contributed by atoms with van der Waals surface area (Å²) in [6.07, 6.45) is 2.92. The second kappa shape index (κ2) is 7.11. The molecular formula is C19H20N4O3S. The summed E-state index contributed by atoms with van der Waals surface area (Å²) in [5.74, 6) is 0.820. The number of anilines is 1. The van der Waals surface area contributed by atoms with Gasteiger partial charge in [0.25, 0.3) is 5.56 Å². The lowest BCUT2D eigenvalue weighted by molar-refractivity contribution is -0.117. The Kier molecular flexibility index (Phi) is 4.65. The summed E-state index contributed by atoms with van der Waals surface area (Å²) in [6.45, 7) is 2.03. The molecular weight excluding hydrogens is 364 g/mol. The predicted octanol–water partition coefficient (Wildman–Crippen LogP) is 2.63. The summed E-state index contributed by atoms with van der Waals surface area (Å²) in [4.78, 5) is 27.2. The molecule has 8 heteroatoms. The van der Waals surface area contributed by atoms with Crippen LogP contribution in [0.25, 0.3) is 10.2 Å². The predicted molar refractivity (Wildman–Crippen MR) is 104 cm³/mol. The van der Waals surface area contributed by atoms with E-state index in [-0.39, 0.29) is 18.0 Å². The molecule has 1 amide bonds. The fourth-order valence-corrected chi connectivity index (χ4v) is 4.79. The third-order valence-corrected chi connectivity index (χ3v) is 6.00. The minimum Gasteiger partial charge on any atom is -0.495 e. The van der Waals surface area contributed by atoms with Gasteiger partial charge in [-0.3, -0.25) is 9.59 Å². The van der Waals surface area contributed by atoms with Gasteiger partial charge in [-0.2, -0.15) is 0 Å². The number of thiophene rings is 1. The first-order chi connectivity index (χ1) is 13.1. The number of carbonyl (C=O) groups excluding carboxylic acids is 1. The Hall–Kier alpha value is -2.74. The number of nitrogens with zero attached hydrogens (tertiary/aromatic N) is 3. The molecule has 1 aromatic carbocycles. The monoisotopic (exact) mass is 384 g/mol. The molecule has 1 aliphatic carbocycles. The number of para-hydroxylation sites is 2. The van der Waals surface area contributed by atoms with Crippen LogP contribution >= 0.6 is 11.3 Å². The lowest BCUT2D eigenvalue weighted by atomic mass is 9.89. The fourth-order valence-electron chi connectivity index (χ4n) is 3.47. The van der Waals surface area contributed by atoms with Crippen molar-refractivity contribution in [1.82, 2.24) is 15.0 Å². The number of benzene rings is 1. The minimum absolute atomic E-state index is 0.194. The molecule has 0 aliphatic heterocycles. The van der Waals surface area contributed by atoms with Crippen LogP contribution in [-0.4, -0.2) is 28.0 Å². The molecule has 1 atom stereocenters. The molecule has 1 N–H and O–H groups in total. The fraction of sp³-hybridized carbons (Fsp3) is 0.368. The van der Waals surface area contributed by atoms with E-state index in [9.17, 15) is 9.59 Å². The van der Waals surface area contributed by atoms with Gasteiger partial charge in [0.2, 0.25) is 5.91 Å². The summed E-state index contributed by atoms with van der Waals surface area (Å²) in [5.41, 5.74) is 1.39. The number of methoxy groups -OCH3 is 1. The summed E-state index contributed by atoms with van der Waals surface area (Å²) in [7, 11) is 1.54. The molecule has 0 fully saturated rings. The zero-order valence-electron chi connectivity index (χ0n) is 15.2. The van der Waals surface area contributed by atoms with E-state index in [4.69, 9.17) is 4.74 Å². The number of nitrogens with one attached hydrogen (secondary N) is 1. The second-order valence-electron chi connectivity index (χ2n) is 6.83. The molecule has 1 aliphatic rings. The Morgan fingerprint density at radius 3 is 3.04 bits per heavy atom. The Morgan fingerprint density at radius 1 is 1.41 bits per heavy atom. The average Bonchev–Trinajstić information content (AvgIpc) is 3.02. The van der Waals surface area contributed by atoms with E-state index >= 15 is 0 Å². The number of ether oxygens (including phenoxy) is 1. The van der Waals surface area contributed by atoms with Crippen LogP contribution in [0, 0.1) is 5.92 Å². The van der Waals surface area contributed by atoms with Crippen LogP contribution in [0.15, 0.2) is 29.1 Å². The molecule has 0 radical (unpaired) electrons. The summed E-state index contributed by atoms with van der Waals surface area (Å²) < 4.78 is 6.37. The molecule has 2 heterocycles. The number of fused-ring (bicyclic) bond motifs is 3. The number of aryl methyl sites for hydroxylation is 1. The van der Waals surface area contributed by atoms with E-state index in [0.29, 0.717) is 27.6 Å². The highest BCUT2D eigenvalue weighted by Crippen LogP contribution is 2.35. The smallest absolute Gasteiger partial charge is 0.279 e. The molecule has 2 aromatic heterocycles. The zero-order valence-corrected chi connectivity index (χ0v) is 16.0. The molecule has 0 saturated carbocycles. The van der Waals surface area contributed by atoms with Crippen molar-refractivity contribution < 1.29 is 9.53 Å². The molecule has 0 bridgehead atoms. The largest absolute Gasteiger partial charge is 0.495 e. The maximum Gasteiger partial charge on any atom is 0.279 e. The van der Waals surface area contributed by atoms with E-state index in [1.165, 1.54) is 12.0 Å². The van der Waals surface area contributed by atoms with Gasteiger partial charge in [-0.05, 0) is 42.9 Å². The maximum atomic E-state index is 12.9. The van der Waals surface area contributed by atoms with Crippen LogP contribution in [0.5, 0.6) is 5.75 Å². The Morgan fingerprint density at radius 2 is 2.22 bits per heavy atom. The van der Waals surface area contributed by atoms with Crippen molar-refractivity contribution in [3.05, 3.63) is 45.1 Å². The van der Waals surface area contributed by atoms with Crippen LogP contribution in [-0.2, 0) is 24.2 Å². The van der Waals surface area contributed by atoms with Crippen LogP contribution in [0.3, 0.4) is 0 Å². The van der Waals surface area contributed by atoms with Crippen molar-refractivity contribution in [3.63, 3.8) is 0 Å². The summed E-state index contributed by atoms with van der Waals surface area (Å²) >= 11 is 1.55. The van der Waals surface area contributed by atoms with Gasteiger partial charge in [-0.1, -0.05) is 24.3 Å². The molecule has 0 saturated heterocycles. The lowest BCUT2D eigenvalue weighted by Gasteiger charge is -2.17. The van der Waals surface area contributed by atoms with E-state index in [0.717, 1.165) is 29.5 Å². The van der Waals surface area contributed by atoms with E-state index in [1.54, 1.807) is 29.5 Å². The third-order valence-electron chi connectivity index (χ3n) is 4.86. The molecule has 3 aromatic rings. The maximum absolute atomic E-state index is 12.9. The first-order valence-electron chi connectivity index (χ1n) is 8.87. The zero-order chi connectivity index (χ0) is 19.0. The SMILES string of the molecule is COc1ccccc1NC(=O)Cn1nnc2sc3c(c2c1=O)CC[C@@H](C)C3. The van der Waals surface area contributed by atoms with Crippen molar-refractivity contribution in [3.8, 4) is 5.75 Å². The molecule has 140 valence electrons. The number of aromatic nitrogens is 3. The highest BCUT2D eigenvalue weighted by Gasteiger charge is 2.24. The molecule has 0 spiro atoms. The Balaban J connectivity index is 1.62.